The Morgan fingerprint density at radius 2 is 2.06 bits per heavy atom. The van der Waals surface area contributed by atoms with Gasteiger partial charge in [-0.15, -0.1) is 0 Å². The van der Waals surface area contributed by atoms with Crippen LogP contribution in [0.2, 0.25) is 0 Å². The van der Waals surface area contributed by atoms with Crippen LogP contribution in [0.3, 0.4) is 0 Å². The van der Waals surface area contributed by atoms with Crippen LogP contribution in [-0.2, 0) is 10.0 Å². The molecule has 1 heterocycles. The summed E-state index contributed by atoms with van der Waals surface area (Å²) >= 11 is 1.02. The quantitative estimate of drug-likeness (QED) is 0.888. The van der Waals surface area contributed by atoms with E-state index in [9.17, 15) is 8.42 Å². The lowest BCUT2D eigenvalue weighted by atomic mass is 10.1. The fraction of sp³-hybridized carbons (Fsp3) is 0.700. The van der Waals surface area contributed by atoms with Crippen molar-refractivity contribution in [1.29, 1.82) is 0 Å². The van der Waals surface area contributed by atoms with Crippen molar-refractivity contribution < 1.29 is 8.42 Å². The van der Waals surface area contributed by atoms with Gasteiger partial charge in [-0.05, 0) is 19.3 Å². The van der Waals surface area contributed by atoms with E-state index in [0.29, 0.717) is 23.3 Å². The van der Waals surface area contributed by atoms with E-state index in [1.165, 1.54) is 4.31 Å². The van der Waals surface area contributed by atoms with Crippen molar-refractivity contribution in [2.75, 3.05) is 19.3 Å². The number of hydrogen-bond donors (Lipinski definition) is 1. The molecule has 7 heteroatoms. The predicted molar refractivity (Wildman–Crippen MR) is 70.5 cm³/mol. The molecule has 1 rings (SSSR count). The minimum Gasteiger partial charge on any atom is -0.375 e. The Kier molecular flexibility index (Phi) is 4.51. The number of nitrogen functional groups attached to an aromatic ring is 1. The lowest BCUT2D eigenvalue weighted by Gasteiger charge is -2.17. The van der Waals surface area contributed by atoms with E-state index in [-0.39, 0.29) is 4.21 Å². The molecule has 0 aliphatic heterocycles. The van der Waals surface area contributed by atoms with Gasteiger partial charge >= 0.3 is 0 Å². The molecule has 0 atom stereocenters. The molecule has 0 aliphatic rings. The highest BCUT2D eigenvalue weighted by molar-refractivity contribution is 7.91. The first-order chi connectivity index (χ1) is 7.75. The normalized spacial score (nSPS) is 12.6. The van der Waals surface area contributed by atoms with Crippen molar-refractivity contribution in [1.82, 2.24) is 9.29 Å². The number of sulfonamides is 1. The molecule has 2 N–H and O–H groups in total. The molecule has 0 saturated carbocycles. The number of hydrogen-bond acceptors (Lipinski definition) is 5. The second-order valence-corrected chi connectivity index (χ2v) is 7.70. The Morgan fingerprint density at radius 1 is 1.47 bits per heavy atom. The third-order valence-corrected chi connectivity index (χ3v) is 5.87. The van der Waals surface area contributed by atoms with Crippen LogP contribution in [0.4, 0.5) is 5.13 Å². The van der Waals surface area contributed by atoms with Crippen LogP contribution in [0, 0.1) is 12.8 Å². The number of aryl methyl sites for hydroxylation is 1. The summed E-state index contributed by atoms with van der Waals surface area (Å²) in [6.07, 6.45) is 0.836. The van der Waals surface area contributed by atoms with Crippen LogP contribution < -0.4 is 5.73 Å². The maximum absolute atomic E-state index is 12.2. The van der Waals surface area contributed by atoms with Gasteiger partial charge < -0.3 is 5.73 Å². The summed E-state index contributed by atoms with van der Waals surface area (Å²) in [5, 5.41) is 0.290. The lowest BCUT2D eigenvalue weighted by molar-refractivity contribution is 0.429. The minimum atomic E-state index is -3.44. The molecule has 1 aromatic heterocycles. The molecule has 17 heavy (non-hydrogen) atoms. The molecule has 0 aliphatic carbocycles. The largest absolute Gasteiger partial charge is 0.375 e. The van der Waals surface area contributed by atoms with E-state index in [1.807, 2.05) is 0 Å². The Labute approximate surface area is 107 Å². The number of anilines is 1. The zero-order valence-electron chi connectivity index (χ0n) is 10.6. The second-order valence-electron chi connectivity index (χ2n) is 4.43. The van der Waals surface area contributed by atoms with Crippen LogP contribution >= 0.6 is 11.3 Å². The Bertz CT molecular complexity index is 480. The van der Waals surface area contributed by atoms with E-state index in [0.717, 1.165) is 17.8 Å². The van der Waals surface area contributed by atoms with Gasteiger partial charge in [-0.3, -0.25) is 0 Å². The number of thiazole rings is 1. The Morgan fingerprint density at radius 3 is 2.47 bits per heavy atom. The highest BCUT2D eigenvalue weighted by Gasteiger charge is 2.25. The van der Waals surface area contributed by atoms with E-state index in [2.05, 4.69) is 18.8 Å². The van der Waals surface area contributed by atoms with Crippen LogP contribution in [0.15, 0.2) is 4.21 Å². The maximum atomic E-state index is 12.2. The summed E-state index contributed by atoms with van der Waals surface area (Å²) < 4.78 is 26.1. The topological polar surface area (TPSA) is 76.3 Å². The average molecular weight is 277 g/mol. The summed E-state index contributed by atoms with van der Waals surface area (Å²) in [6, 6.07) is 0. The van der Waals surface area contributed by atoms with Gasteiger partial charge in [0.1, 0.15) is 0 Å². The standard InChI is InChI=1S/C10H19N3O2S2/c1-7(2)5-6-13(4)17(14,15)9-8(3)12-10(11)16-9/h7H,5-6H2,1-4H3,(H2,11,12). The van der Waals surface area contributed by atoms with Crippen LogP contribution in [0.5, 0.6) is 0 Å². The highest BCUT2D eigenvalue weighted by Crippen LogP contribution is 2.27. The minimum absolute atomic E-state index is 0.251. The summed E-state index contributed by atoms with van der Waals surface area (Å²) in [5.74, 6) is 0.472. The van der Waals surface area contributed by atoms with Crippen LogP contribution in [0.25, 0.3) is 0 Å². The lowest BCUT2D eigenvalue weighted by Crippen LogP contribution is -2.28. The molecule has 0 bridgehead atoms. The molecule has 0 spiro atoms. The number of rotatable bonds is 5. The molecule has 0 aromatic carbocycles. The van der Waals surface area contributed by atoms with Crippen molar-refractivity contribution >= 4 is 26.5 Å². The van der Waals surface area contributed by atoms with Gasteiger partial charge in [0.15, 0.2) is 9.34 Å². The van der Waals surface area contributed by atoms with Gasteiger partial charge in [0.05, 0.1) is 5.69 Å². The van der Waals surface area contributed by atoms with Crippen molar-refractivity contribution in [3.63, 3.8) is 0 Å². The highest BCUT2D eigenvalue weighted by atomic mass is 32.2. The van der Waals surface area contributed by atoms with E-state index in [1.54, 1.807) is 14.0 Å². The van der Waals surface area contributed by atoms with Gasteiger partial charge in [0.2, 0.25) is 0 Å². The number of nitrogens with two attached hydrogens (primary N) is 1. The van der Waals surface area contributed by atoms with Crippen LogP contribution in [-0.4, -0.2) is 31.3 Å². The molecule has 1 aromatic rings. The van der Waals surface area contributed by atoms with E-state index >= 15 is 0 Å². The Balaban J connectivity index is 2.91. The fourth-order valence-electron chi connectivity index (χ4n) is 1.34. The number of nitrogens with zero attached hydrogens (tertiary/aromatic N) is 2. The predicted octanol–water partition coefficient (Wildman–Crippen LogP) is 1.70. The molecule has 0 unspecified atom stereocenters. The SMILES string of the molecule is Cc1nc(N)sc1S(=O)(=O)N(C)CCC(C)C. The summed E-state index contributed by atoms with van der Waals surface area (Å²) in [5.41, 5.74) is 6.00. The van der Waals surface area contributed by atoms with Gasteiger partial charge in [-0.2, -0.15) is 0 Å². The first kappa shape index (κ1) is 14.4. The maximum Gasteiger partial charge on any atom is 0.254 e. The van der Waals surface area contributed by atoms with Gasteiger partial charge in [-0.25, -0.2) is 17.7 Å². The summed E-state index contributed by atoms with van der Waals surface area (Å²) in [4.78, 5) is 3.95. The fourth-order valence-corrected chi connectivity index (χ4v) is 4.02. The zero-order valence-corrected chi connectivity index (χ0v) is 12.2. The molecule has 0 radical (unpaired) electrons. The zero-order chi connectivity index (χ0) is 13.2. The monoisotopic (exact) mass is 277 g/mol. The molecule has 0 amide bonds. The number of aromatic nitrogens is 1. The third kappa shape index (κ3) is 3.40. The summed E-state index contributed by atoms with van der Waals surface area (Å²) in [7, 11) is -1.84. The molecule has 5 nitrogen and oxygen atoms in total. The van der Waals surface area contributed by atoms with Crippen molar-refractivity contribution in [3.8, 4) is 0 Å². The molecule has 0 fully saturated rings. The summed E-state index contributed by atoms with van der Waals surface area (Å²) in [6.45, 7) is 6.31. The van der Waals surface area contributed by atoms with E-state index in [4.69, 9.17) is 5.73 Å². The molecule has 98 valence electrons. The average Bonchev–Trinajstić information content (AvgIpc) is 2.54. The van der Waals surface area contributed by atoms with Gasteiger partial charge in [-0.1, -0.05) is 25.2 Å². The van der Waals surface area contributed by atoms with Crippen molar-refractivity contribution in [2.24, 2.45) is 5.92 Å². The first-order valence-electron chi connectivity index (χ1n) is 5.44. The van der Waals surface area contributed by atoms with Crippen molar-refractivity contribution in [2.45, 2.75) is 31.4 Å². The molecule has 0 saturated heterocycles. The third-order valence-electron chi connectivity index (χ3n) is 2.44. The van der Waals surface area contributed by atoms with E-state index < -0.39 is 10.0 Å². The van der Waals surface area contributed by atoms with Gasteiger partial charge in [0.25, 0.3) is 10.0 Å². The first-order valence-corrected chi connectivity index (χ1v) is 7.70. The van der Waals surface area contributed by atoms with Crippen LogP contribution in [0.1, 0.15) is 26.0 Å². The smallest absolute Gasteiger partial charge is 0.254 e. The Hall–Kier alpha value is -0.660. The molecular formula is C10H19N3O2S2. The molecular weight excluding hydrogens is 258 g/mol. The van der Waals surface area contributed by atoms with Crippen molar-refractivity contribution in [3.05, 3.63) is 5.69 Å². The second kappa shape index (κ2) is 5.32. The van der Waals surface area contributed by atoms with Gasteiger partial charge in [0, 0.05) is 13.6 Å².